The molecule has 1 aromatic heterocycles. The Labute approximate surface area is 90.9 Å². The first-order valence-electron chi connectivity index (χ1n) is 4.42. The first-order valence-corrected chi connectivity index (χ1v) is 4.79. The van der Waals surface area contributed by atoms with E-state index in [1.807, 2.05) is 0 Å². The predicted molar refractivity (Wildman–Crippen MR) is 52.8 cm³/mol. The Morgan fingerprint density at radius 1 is 1.47 bits per heavy atom. The Bertz CT molecular complexity index is 419. The lowest BCUT2D eigenvalue weighted by Crippen LogP contribution is -2.48. The summed E-state index contributed by atoms with van der Waals surface area (Å²) in [5.41, 5.74) is -0.721. The van der Waals surface area contributed by atoms with E-state index in [1.54, 1.807) is 12.1 Å². The number of carbonyl (C=O) groups excluding carboxylic acids is 1. The van der Waals surface area contributed by atoms with E-state index in [0.29, 0.717) is 10.7 Å². The minimum Gasteiger partial charge on any atom is -0.481 e. The molecule has 1 aromatic rings. The van der Waals surface area contributed by atoms with Crippen LogP contribution in [-0.4, -0.2) is 21.8 Å². The van der Waals surface area contributed by atoms with E-state index in [2.05, 4.69) is 4.98 Å². The van der Waals surface area contributed by atoms with Crippen LogP contribution >= 0.6 is 11.6 Å². The molecule has 1 heterocycles. The number of nitrogens with zero attached hydrogens (tertiary/aromatic N) is 1. The number of aliphatic carboxylic acids is 1. The van der Waals surface area contributed by atoms with Crippen LogP contribution in [0.1, 0.15) is 18.5 Å². The van der Waals surface area contributed by atoms with Gasteiger partial charge in [-0.2, -0.15) is 0 Å². The molecular weight excluding hydrogens is 218 g/mol. The molecule has 0 saturated heterocycles. The molecule has 5 heteroatoms. The summed E-state index contributed by atoms with van der Waals surface area (Å²) in [6.07, 6.45) is 1.44. The maximum Gasteiger partial charge on any atom is 0.316 e. The van der Waals surface area contributed by atoms with Crippen LogP contribution in [0.25, 0.3) is 0 Å². The quantitative estimate of drug-likeness (QED) is 0.827. The van der Waals surface area contributed by atoms with Crippen molar-refractivity contribution in [1.82, 2.24) is 4.98 Å². The highest BCUT2D eigenvalue weighted by Crippen LogP contribution is 2.40. The number of halogens is 1. The molecule has 2 rings (SSSR count). The van der Waals surface area contributed by atoms with Crippen molar-refractivity contribution >= 4 is 23.4 Å². The van der Waals surface area contributed by atoms with Crippen LogP contribution in [0.4, 0.5) is 0 Å². The molecule has 15 heavy (non-hydrogen) atoms. The van der Waals surface area contributed by atoms with Gasteiger partial charge in [-0.05, 0) is 12.1 Å². The van der Waals surface area contributed by atoms with E-state index in [4.69, 9.17) is 16.7 Å². The molecule has 0 radical (unpaired) electrons. The minimum atomic E-state index is -1.12. The van der Waals surface area contributed by atoms with Crippen LogP contribution in [0.15, 0.2) is 18.3 Å². The molecule has 0 aromatic carbocycles. The number of rotatable bonds is 2. The number of Topliss-reactive ketones (excluding diaryl/α,β-unsaturated/α-hetero) is 1. The minimum absolute atomic E-state index is 0.0248. The van der Waals surface area contributed by atoms with Gasteiger partial charge in [-0.25, -0.2) is 0 Å². The van der Waals surface area contributed by atoms with Crippen molar-refractivity contribution in [2.45, 2.75) is 18.3 Å². The zero-order chi connectivity index (χ0) is 11.1. The fraction of sp³-hybridized carbons (Fsp3) is 0.300. The highest BCUT2D eigenvalue weighted by molar-refractivity contribution is 6.30. The van der Waals surface area contributed by atoms with Gasteiger partial charge in [0, 0.05) is 19.0 Å². The number of ketones is 1. The number of pyridine rings is 1. The van der Waals surface area contributed by atoms with E-state index in [1.165, 1.54) is 6.20 Å². The van der Waals surface area contributed by atoms with E-state index < -0.39 is 11.4 Å². The molecule has 0 atom stereocenters. The molecule has 0 aliphatic heterocycles. The van der Waals surface area contributed by atoms with Gasteiger partial charge in [0.05, 0.1) is 10.7 Å². The summed E-state index contributed by atoms with van der Waals surface area (Å²) >= 11 is 5.65. The topological polar surface area (TPSA) is 67.3 Å². The summed E-state index contributed by atoms with van der Waals surface area (Å²) in [5, 5.41) is 9.55. The van der Waals surface area contributed by atoms with Crippen molar-refractivity contribution < 1.29 is 14.7 Å². The highest BCUT2D eigenvalue weighted by atomic mass is 35.5. The number of carboxylic acids is 1. The third-order valence-corrected chi connectivity index (χ3v) is 2.85. The monoisotopic (exact) mass is 225 g/mol. The van der Waals surface area contributed by atoms with Gasteiger partial charge in [0.2, 0.25) is 0 Å². The van der Waals surface area contributed by atoms with Crippen LogP contribution in [0.3, 0.4) is 0 Å². The standard InChI is InChI=1S/C10H8ClNO3/c11-6-1-2-8(12-5-6)10(9(14)15)3-7(13)4-10/h1-2,5H,3-4H2,(H,14,15). The molecular formula is C10H8ClNO3. The number of carboxylic acid groups (broad SMARTS) is 1. The second-order valence-electron chi connectivity index (χ2n) is 3.64. The zero-order valence-electron chi connectivity index (χ0n) is 7.74. The third kappa shape index (κ3) is 1.51. The fourth-order valence-corrected chi connectivity index (χ4v) is 1.83. The van der Waals surface area contributed by atoms with Crippen molar-refractivity contribution in [2.75, 3.05) is 0 Å². The summed E-state index contributed by atoms with van der Waals surface area (Å²) < 4.78 is 0. The molecule has 0 bridgehead atoms. The predicted octanol–water partition coefficient (Wildman–Crippen LogP) is 1.42. The second-order valence-corrected chi connectivity index (χ2v) is 4.08. The van der Waals surface area contributed by atoms with Crippen LogP contribution in [-0.2, 0) is 15.0 Å². The van der Waals surface area contributed by atoms with Gasteiger partial charge in [-0.15, -0.1) is 0 Å². The normalized spacial score (nSPS) is 18.3. The Morgan fingerprint density at radius 3 is 2.53 bits per heavy atom. The molecule has 1 fully saturated rings. The summed E-state index contributed by atoms with van der Waals surface area (Å²) in [6, 6.07) is 3.14. The van der Waals surface area contributed by atoms with Crippen LogP contribution in [0.5, 0.6) is 0 Å². The molecule has 0 spiro atoms. The summed E-state index contributed by atoms with van der Waals surface area (Å²) in [5.74, 6) is -1.05. The highest BCUT2D eigenvalue weighted by Gasteiger charge is 2.52. The van der Waals surface area contributed by atoms with Gasteiger partial charge in [-0.3, -0.25) is 14.6 Å². The summed E-state index contributed by atoms with van der Waals surface area (Å²) in [6.45, 7) is 0. The number of aromatic nitrogens is 1. The summed E-state index contributed by atoms with van der Waals surface area (Å²) in [4.78, 5) is 26.0. The number of hydrogen-bond acceptors (Lipinski definition) is 3. The maximum absolute atomic E-state index is 11.1. The maximum atomic E-state index is 11.1. The lowest BCUT2D eigenvalue weighted by Gasteiger charge is -2.35. The second kappa shape index (κ2) is 3.31. The van der Waals surface area contributed by atoms with Crippen molar-refractivity contribution in [1.29, 1.82) is 0 Å². The van der Waals surface area contributed by atoms with Gasteiger partial charge in [0.25, 0.3) is 0 Å². The first kappa shape index (κ1) is 10.1. The first-order chi connectivity index (χ1) is 7.04. The molecule has 78 valence electrons. The van der Waals surface area contributed by atoms with Gasteiger partial charge in [0.15, 0.2) is 0 Å². The van der Waals surface area contributed by atoms with Crippen molar-refractivity contribution in [3.63, 3.8) is 0 Å². The largest absolute Gasteiger partial charge is 0.481 e. The van der Waals surface area contributed by atoms with Crippen molar-refractivity contribution in [2.24, 2.45) is 0 Å². The van der Waals surface area contributed by atoms with Crippen LogP contribution in [0, 0.1) is 0 Å². The van der Waals surface area contributed by atoms with Crippen LogP contribution in [0.2, 0.25) is 5.02 Å². The Hall–Kier alpha value is -1.42. The molecule has 1 saturated carbocycles. The molecule has 0 amide bonds. The molecule has 1 aliphatic carbocycles. The Balaban J connectivity index is 2.38. The van der Waals surface area contributed by atoms with Gasteiger partial charge >= 0.3 is 5.97 Å². The summed E-state index contributed by atoms with van der Waals surface area (Å²) in [7, 11) is 0. The van der Waals surface area contributed by atoms with E-state index >= 15 is 0 Å². The molecule has 4 nitrogen and oxygen atoms in total. The Morgan fingerprint density at radius 2 is 2.13 bits per heavy atom. The number of carbonyl (C=O) groups is 2. The Kier molecular flexibility index (Phi) is 2.23. The lowest BCUT2D eigenvalue weighted by atomic mass is 9.65. The van der Waals surface area contributed by atoms with Crippen molar-refractivity contribution in [3.05, 3.63) is 29.0 Å². The number of hydrogen-bond donors (Lipinski definition) is 1. The van der Waals surface area contributed by atoms with Gasteiger partial charge in [0.1, 0.15) is 11.2 Å². The van der Waals surface area contributed by atoms with Crippen LogP contribution < -0.4 is 0 Å². The molecule has 1 N–H and O–H groups in total. The fourth-order valence-electron chi connectivity index (χ4n) is 1.72. The SMILES string of the molecule is O=C1CC(C(=O)O)(c2ccc(Cl)cn2)C1. The third-order valence-electron chi connectivity index (χ3n) is 2.62. The van der Waals surface area contributed by atoms with Crippen molar-refractivity contribution in [3.8, 4) is 0 Å². The smallest absolute Gasteiger partial charge is 0.316 e. The zero-order valence-corrected chi connectivity index (χ0v) is 8.49. The van der Waals surface area contributed by atoms with E-state index in [9.17, 15) is 9.59 Å². The molecule has 0 unspecified atom stereocenters. The van der Waals surface area contributed by atoms with E-state index in [-0.39, 0.29) is 18.6 Å². The average Bonchev–Trinajstić information content (AvgIpc) is 2.13. The molecule has 1 aliphatic rings. The van der Waals surface area contributed by atoms with Gasteiger partial charge < -0.3 is 5.11 Å². The average molecular weight is 226 g/mol. The van der Waals surface area contributed by atoms with Gasteiger partial charge in [-0.1, -0.05) is 11.6 Å². The lowest BCUT2D eigenvalue weighted by molar-refractivity contribution is -0.153. The van der Waals surface area contributed by atoms with E-state index in [0.717, 1.165) is 0 Å².